The summed E-state index contributed by atoms with van der Waals surface area (Å²) in [5.41, 5.74) is -0.177. The largest absolute Gasteiger partial charge is 0.396 e. The standard InChI is InChI=1S/C14H30N2O2/c1-6-14(5,8-10-17)16-12(4)13(18)15-9-7-11(2)3/h11-12,16-17H,6-10H2,1-5H3,(H,15,18). The first-order valence-corrected chi connectivity index (χ1v) is 7.01. The summed E-state index contributed by atoms with van der Waals surface area (Å²) in [6.45, 7) is 11.1. The van der Waals surface area contributed by atoms with E-state index < -0.39 is 0 Å². The van der Waals surface area contributed by atoms with Crippen molar-refractivity contribution in [2.24, 2.45) is 5.92 Å². The van der Waals surface area contributed by atoms with Gasteiger partial charge in [-0.15, -0.1) is 0 Å². The SMILES string of the molecule is CCC(C)(CCO)NC(C)C(=O)NCCC(C)C. The van der Waals surface area contributed by atoms with Crippen LogP contribution in [0.4, 0.5) is 0 Å². The van der Waals surface area contributed by atoms with Gasteiger partial charge in [-0.1, -0.05) is 20.8 Å². The highest BCUT2D eigenvalue weighted by Gasteiger charge is 2.25. The summed E-state index contributed by atoms with van der Waals surface area (Å²) < 4.78 is 0. The molecule has 0 fully saturated rings. The molecule has 0 rings (SSSR count). The molecule has 18 heavy (non-hydrogen) atoms. The third-order valence-corrected chi connectivity index (χ3v) is 3.42. The zero-order chi connectivity index (χ0) is 14.2. The molecule has 4 nitrogen and oxygen atoms in total. The van der Waals surface area contributed by atoms with E-state index >= 15 is 0 Å². The number of nitrogens with one attached hydrogen (secondary N) is 2. The smallest absolute Gasteiger partial charge is 0.236 e. The number of rotatable bonds is 9. The number of hydrogen-bond acceptors (Lipinski definition) is 3. The van der Waals surface area contributed by atoms with E-state index in [1.165, 1.54) is 0 Å². The van der Waals surface area contributed by atoms with Crippen LogP contribution in [0, 0.1) is 5.92 Å². The maximum atomic E-state index is 11.9. The van der Waals surface area contributed by atoms with Crippen molar-refractivity contribution in [1.82, 2.24) is 10.6 Å². The number of aliphatic hydroxyl groups excluding tert-OH is 1. The zero-order valence-corrected chi connectivity index (χ0v) is 12.5. The molecule has 108 valence electrons. The molecule has 0 aromatic rings. The maximum Gasteiger partial charge on any atom is 0.236 e. The van der Waals surface area contributed by atoms with E-state index in [0.717, 1.165) is 19.4 Å². The van der Waals surface area contributed by atoms with Gasteiger partial charge in [0, 0.05) is 18.7 Å². The molecule has 0 saturated heterocycles. The molecule has 4 heteroatoms. The van der Waals surface area contributed by atoms with E-state index in [-0.39, 0.29) is 24.1 Å². The van der Waals surface area contributed by atoms with Crippen LogP contribution in [0.5, 0.6) is 0 Å². The summed E-state index contributed by atoms with van der Waals surface area (Å²) in [7, 11) is 0. The summed E-state index contributed by atoms with van der Waals surface area (Å²) >= 11 is 0. The lowest BCUT2D eigenvalue weighted by molar-refractivity contribution is -0.123. The summed E-state index contributed by atoms with van der Waals surface area (Å²) in [4.78, 5) is 11.9. The summed E-state index contributed by atoms with van der Waals surface area (Å²) in [5.74, 6) is 0.636. The normalized spacial score (nSPS) is 16.4. The predicted octanol–water partition coefficient (Wildman–Crippen LogP) is 1.68. The molecule has 0 radical (unpaired) electrons. The molecule has 0 spiro atoms. The second-order valence-electron chi connectivity index (χ2n) is 5.73. The van der Waals surface area contributed by atoms with Crippen molar-refractivity contribution in [3.63, 3.8) is 0 Å². The van der Waals surface area contributed by atoms with Crippen LogP contribution in [-0.4, -0.2) is 35.7 Å². The maximum absolute atomic E-state index is 11.9. The van der Waals surface area contributed by atoms with Gasteiger partial charge in [-0.25, -0.2) is 0 Å². The lowest BCUT2D eigenvalue weighted by atomic mass is 9.94. The first-order valence-electron chi connectivity index (χ1n) is 7.01. The fraction of sp³-hybridized carbons (Fsp3) is 0.929. The van der Waals surface area contributed by atoms with Gasteiger partial charge in [0.25, 0.3) is 0 Å². The topological polar surface area (TPSA) is 61.4 Å². The van der Waals surface area contributed by atoms with Crippen molar-refractivity contribution in [1.29, 1.82) is 0 Å². The summed E-state index contributed by atoms with van der Waals surface area (Å²) in [6.07, 6.45) is 2.55. The van der Waals surface area contributed by atoms with Gasteiger partial charge in [0.15, 0.2) is 0 Å². The van der Waals surface area contributed by atoms with Gasteiger partial charge in [-0.05, 0) is 39.0 Å². The number of carbonyl (C=O) groups excluding carboxylic acids is 1. The van der Waals surface area contributed by atoms with Crippen LogP contribution in [0.25, 0.3) is 0 Å². The number of hydrogen-bond donors (Lipinski definition) is 3. The molecule has 0 saturated carbocycles. The minimum Gasteiger partial charge on any atom is -0.396 e. The van der Waals surface area contributed by atoms with Crippen LogP contribution in [-0.2, 0) is 4.79 Å². The molecule has 0 aromatic carbocycles. The number of aliphatic hydroxyl groups is 1. The van der Waals surface area contributed by atoms with Gasteiger partial charge in [0.1, 0.15) is 0 Å². The average Bonchev–Trinajstić information content (AvgIpc) is 2.28. The van der Waals surface area contributed by atoms with Gasteiger partial charge in [-0.2, -0.15) is 0 Å². The van der Waals surface area contributed by atoms with E-state index in [1.807, 2.05) is 13.8 Å². The van der Waals surface area contributed by atoms with Crippen molar-refractivity contribution in [3.8, 4) is 0 Å². The van der Waals surface area contributed by atoms with Crippen LogP contribution in [0.15, 0.2) is 0 Å². The number of amides is 1. The Bertz CT molecular complexity index is 244. The molecule has 0 aliphatic heterocycles. The lowest BCUT2D eigenvalue weighted by Gasteiger charge is -2.32. The van der Waals surface area contributed by atoms with Gasteiger partial charge < -0.3 is 15.7 Å². The Kier molecular flexibility index (Phi) is 8.20. The van der Waals surface area contributed by atoms with Crippen LogP contribution in [0.3, 0.4) is 0 Å². The molecule has 1 amide bonds. The van der Waals surface area contributed by atoms with Crippen molar-refractivity contribution >= 4 is 5.91 Å². The van der Waals surface area contributed by atoms with Gasteiger partial charge in [0.05, 0.1) is 6.04 Å². The highest BCUT2D eigenvalue weighted by molar-refractivity contribution is 5.81. The fourth-order valence-electron chi connectivity index (χ4n) is 1.82. The highest BCUT2D eigenvalue weighted by Crippen LogP contribution is 2.14. The Labute approximate surface area is 112 Å². The van der Waals surface area contributed by atoms with Crippen LogP contribution >= 0.6 is 0 Å². The molecule has 2 unspecified atom stereocenters. The second kappa shape index (κ2) is 8.48. The predicted molar refractivity (Wildman–Crippen MR) is 75.5 cm³/mol. The molecule has 0 bridgehead atoms. The highest BCUT2D eigenvalue weighted by atomic mass is 16.3. The summed E-state index contributed by atoms with van der Waals surface area (Å²) in [5, 5.41) is 15.3. The molecule has 0 aliphatic carbocycles. The minimum absolute atomic E-state index is 0.0354. The summed E-state index contributed by atoms with van der Waals surface area (Å²) in [6, 6.07) is -0.228. The van der Waals surface area contributed by atoms with E-state index in [2.05, 4.69) is 31.4 Å². The first kappa shape index (κ1) is 17.4. The van der Waals surface area contributed by atoms with E-state index in [0.29, 0.717) is 12.3 Å². The second-order valence-corrected chi connectivity index (χ2v) is 5.73. The van der Waals surface area contributed by atoms with E-state index in [9.17, 15) is 4.79 Å². The Morgan fingerprint density at radius 1 is 1.33 bits per heavy atom. The molecular weight excluding hydrogens is 228 g/mol. The Morgan fingerprint density at radius 2 is 1.94 bits per heavy atom. The molecule has 2 atom stereocenters. The van der Waals surface area contributed by atoms with Crippen molar-refractivity contribution in [3.05, 3.63) is 0 Å². The Morgan fingerprint density at radius 3 is 2.39 bits per heavy atom. The van der Waals surface area contributed by atoms with Gasteiger partial charge in [0.2, 0.25) is 5.91 Å². The zero-order valence-electron chi connectivity index (χ0n) is 12.5. The fourth-order valence-corrected chi connectivity index (χ4v) is 1.82. The monoisotopic (exact) mass is 258 g/mol. The van der Waals surface area contributed by atoms with Gasteiger partial charge >= 0.3 is 0 Å². The quantitative estimate of drug-likeness (QED) is 0.589. The van der Waals surface area contributed by atoms with Crippen molar-refractivity contribution < 1.29 is 9.90 Å². The first-order chi connectivity index (χ1) is 8.34. The van der Waals surface area contributed by atoms with Crippen LogP contribution in [0.2, 0.25) is 0 Å². The molecule has 0 aromatic heterocycles. The molecular formula is C14H30N2O2. The Balaban J connectivity index is 4.13. The Hall–Kier alpha value is -0.610. The minimum atomic E-state index is -0.228. The third-order valence-electron chi connectivity index (χ3n) is 3.42. The lowest BCUT2D eigenvalue weighted by Crippen LogP contribution is -2.53. The molecule has 0 aliphatic rings. The van der Waals surface area contributed by atoms with Crippen molar-refractivity contribution in [2.75, 3.05) is 13.2 Å². The van der Waals surface area contributed by atoms with E-state index in [1.54, 1.807) is 0 Å². The van der Waals surface area contributed by atoms with Crippen molar-refractivity contribution in [2.45, 2.75) is 65.5 Å². The molecule has 3 N–H and O–H groups in total. The third kappa shape index (κ3) is 6.97. The van der Waals surface area contributed by atoms with Crippen LogP contribution in [0.1, 0.15) is 53.9 Å². The van der Waals surface area contributed by atoms with Gasteiger partial charge in [-0.3, -0.25) is 4.79 Å². The van der Waals surface area contributed by atoms with E-state index in [4.69, 9.17) is 5.11 Å². The molecule has 0 heterocycles. The van der Waals surface area contributed by atoms with Crippen LogP contribution < -0.4 is 10.6 Å². The number of carbonyl (C=O) groups is 1. The average molecular weight is 258 g/mol.